The Morgan fingerprint density at radius 1 is 1.23 bits per heavy atom. The SMILES string of the molecule is C[C@H](OCc1ccccc1)[B-]12OCC(NCCCS(=O)(=O)O)(CO1)CO2. The van der Waals surface area contributed by atoms with Crippen LogP contribution in [0.5, 0.6) is 0 Å². The van der Waals surface area contributed by atoms with Crippen LogP contribution in [0.1, 0.15) is 18.9 Å². The van der Waals surface area contributed by atoms with Crippen molar-refractivity contribution < 1.29 is 31.7 Å². The Kier molecular flexibility index (Phi) is 6.02. The van der Waals surface area contributed by atoms with Crippen molar-refractivity contribution in [1.82, 2.24) is 5.32 Å². The molecule has 3 aliphatic rings. The number of nitrogens with one attached hydrogen (secondary N) is 1. The van der Waals surface area contributed by atoms with Crippen molar-refractivity contribution in [2.75, 3.05) is 32.1 Å². The van der Waals surface area contributed by atoms with E-state index in [9.17, 15) is 8.42 Å². The summed E-state index contributed by atoms with van der Waals surface area (Å²) in [6.45, 7) is 1.98. The third kappa shape index (κ3) is 4.83. The number of fused-ring (bicyclic) bond motifs is 3. The third-order valence-electron chi connectivity index (χ3n) is 4.79. The lowest BCUT2D eigenvalue weighted by molar-refractivity contribution is -0.131. The average Bonchev–Trinajstić information content (AvgIpc) is 2.65. The monoisotopic (exact) mass is 386 g/mol. The van der Waals surface area contributed by atoms with Crippen LogP contribution < -0.4 is 5.32 Å². The maximum Gasteiger partial charge on any atom is 0.407 e. The summed E-state index contributed by atoms with van der Waals surface area (Å²) in [4.78, 5) is 0. The molecule has 0 spiro atoms. The molecule has 3 fully saturated rings. The first-order valence-electron chi connectivity index (χ1n) is 8.74. The van der Waals surface area contributed by atoms with Crippen molar-refractivity contribution in [2.24, 2.45) is 0 Å². The summed E-state index contributed by atoms with van der Waals surface area (Å²) in [5.74, 6) is -0.281. The van der Waals surface area contributed by atoms with Gasteiger partial charge in [0.2, 0.25) is 0 Å². The van der Waals surface area contributed by atoms with Gasteiger partial charge in [-0.15, -0.1) is 0 Å². The van der Waals surface area contributed by atoms with Crippen LogP contribution in [0, 0.1) is 0 Å². The first-order valence-corrected chi connectivity index (χ1v) is 10.4. The minimum atomic E-state index is -3.94. The highest BCUT2D eigenvalue weighted by atomic mass is 32.2. The van der Waals surface area contributed by atoms with Crippen LogP contribution in [-0.2, 0) is 35.4 Å². The Hall–Kier alpha value is -1.01. The van der Waals surface area contributed by atoms with Gasteiger partial charge in [-0.1, -0.05) is 37.3 Å². The molecule has 3 saturated heterocycles. The lowest BCUT2D eigenvalue weighted by atomic mass is 9.67. The number of benzene rings is 1. The molecule has 10 heteroatoms. The van der Waals surface area contributed by atoms with Gasteiger partial charge in [0.05, 0.1) is 17.9 Å². The molecule has 0 unspecified atom stereocenters. The van der Waals surface area contributed by atoms with E-state index < -0.39 is 22.4 Å². The maximum absolute atomic E-state index is 10.8. The number of hydrogen-bond acceptors (Lipinski definition) is 7. The summed E-state index contributed by atoms with van der Waals surface area (Å²) in [5, 5.41) is 3.23. The van der Waals surface area contributed by atoms with Crippen LogP contribution in [-0.4, -0.2) is 63.4 Å². The molecule has 0 radical (unpaired) electrons. The third-order valence-corrected chi connectivity index (χ3v) is 5.59. The predicted molar refractivity (Wildman–Crippen MR) is 96.1 cm³/mol. The summed E-state index contributed by atoms with van der Waals surface area (Å²) in [5.41, 5.74) is 0.565. The van der Waals surface area contributed by atoms with Crippen LogP contribution in [0.25, 0.3) is 0 Å². The van der Waals surface area contributed by atoms with E-state index in [0.717, 1.165) is 5.56 Å². The van der Waals surface area contributed by atoms with Crippen LogP contribution >= 0.6 is 0 Å². The second-order valence-electron chi connectivity index (χ2n) is 6.98. The first-order chi connectivity index (χ1) is 12.3. The van der Waals surface area contributed by atoms with Crippen molar-refractivity contribution in [3.63, 3.8) is 0 Å². The molecule has 1 aromatic rings. The van der Waals surface area contributed by atoms with Gasteiger partial charge >= 0.3 is 6.75 Å². The van der Waals surface area contributed by atoms with E-state index in [-0.39, 0.29) is 11.8 Å². The summed E-state index contributed by atoms with van der Waals surface area (Å²) in [6, 6.07) is 9.49. The number of hydrogen-bond donors (Lipinski definition) is 2. The van der Waals surface area contributed by atoms with Gasteiger partial charge < -0.3 is 24.0 Å². The van der Waals surface area contributed by atoms with Gasteiger partial charge in [-0.3, -0.25) is 4.55 Å². The van der Waals surface area contributed by atoms with E-state index in [1.54, 1.807) is 0 Å². The lowest BCUT2D eigenvalue weighted by Gasteiger charge is -2.60. The standard InChI is InChI=1S/C16H25BNO7S/c1-14(22-10-15-6-3-2-4-7-15)17-23-11-16(12-24-17,13-25-17)18-8-5-9-26(19,20)21/h2-4,6-7,14,18H,5,8-13H2,1H3,(H,19,20,21)/q-1/t14-,16?,17?/m0/s1. The molecule has 0 aliphatic carbocycles. The molecule has 26 heavy (non-hydrogen) atoms. The zero-order valence-electron chi connectivity index (χ0n) is 14.8. The van der Waals surface area contributed by atoms with E-state index in [1.807, 2.05) is 37.3 Å². The molecular formula is C16H25BNO7S-. The van der Waals surface area contributed by atoms with Crippen molar-refractivity contribution in [2.45, 2.75) is 31.5 Å². The molecule has 2 bridgehead atoms. The number of ether oxygens (including phenoxy) is 1. The molecule has 3 heterocycles. The molecule has 8 nitrogen and oxygen atoms in total. The molecule has 2 N–H and O–H groups in total. The maximum atomic E-state index is 10.8. The normalized spacial score (nSPS) is 29.6. The number of rotatable bonds is 9. The average molecular weight is 386 g/mol. The molecule has 3 aliphatic heterocycles. The van der Waals surface area contributed by atoms with Gasteiger partial charge in [-0.05, 0) is 18.5 Å². The molecule has 1 atom stereocenters. The van der Waals surface area contributed by atoms with Crippen molar-refractivity contribution in [3.05, 3.63) is 35.9 Å². The van der Waals surface area contributed by atoms with Crippen LogP contribution in [0.3, 0.4) is 0 Å². The summed E-state index contributed by atoms with van der Waals surface area (Å²) in [7, 11) is -3.94. The molecule has 4 rings (SSSR count). The minimum absolute atomic E-state index is 0.281. The van der Waals surface area contributed by atoms with Gasteiger partial charge in [-0.2, -0.15) is 8.42 Å². The van der Waals surface area contributed by atoms with Crippen molar-refractivity contribution in [3.8, 4) is 0 Å². The zero-order valence-corrected chi connectivity index (χ0v) is 15.6. The minimum Gasteiger partial charge on any atom is -0.541 e. The van der Waals surface area contributed by atoms with Crippen molar-refractivity contribution in [1.29, 1.82) is 0 Å². The summed E-state index contributed by atoms with van der Waals surface area (Å²) >= 11 is 0. The van der Waals surface area contributed by atoms with E-state index in [1.165, 1.54) is 0 Å². The highest BCUT2D eigenvalue weighted by Crippen LogP contribution is 2.33. The predicted octanol–water partition coefficient (Wildman–Crippen LogP) is 0.753. The van der Waals surface area contributed by atoms with Gasteiger partial charge in [0, 0.05) is 25.8 Å². The fraction of sp³-hybridized carbons (Fsp3) is 0.625. The second-order valence-corrected chi connectivity index (χ2v) is 8.55. The largest absolute Gasteiger partial charge is 0.541 e. The van der Waals surface area contributed by atoms with E-state index >= 15 is 0 Å². The summed E-state index contributed by atoms with van der Waals surface area (Å²) < 4.78 is 53.8. The Morgan fingerprint density at radius 2 is 1.85 bits per heavy atom. The van der Waals surface area contributed by atoms with Gasteiger partial charge in [0.15, 0.2) is 0 Å². The molecule has 0 amide bonds. The molecule has 1 aromatic carbocycles. The van der Waals surface area contributed by atoms with E-state index in [4.69, 9.17) is 23.3 Å². The highest BCUT2D eigenvalue weighted by Gasteiger charge is 2.51. The highest BCUT2D eigenvalue weighted by molar-refractivity contribution is 7.85. The van der Waals surface area contributed by atoms with Crippen LogP contribution in [0.4, 0.5) is 0 Å². The fourth-order valence-electron chi connectivity index (χ4n) is 3.18. The lowest BCUT2D eigenvalue weighted by Crippen LogP contribution is -2.75. The topological polar surface area (TPSA) is 103 Å². The smallest absolute Gasteiger partial charge is 0.407 e. The van der Waals surface area contributed by atoms with E-state index in [0.29, 0.717) is 39.4 Å². The summed E-state index contributed by atoms with van der Waals surface area (Å²) in [6.07, 6.45) is 0.299. The van der Waals surface area contributed by atoms with Gasteiger partial charge in [0.25, 0.3) is 10.1 Å². The molecule has 0 saturated carbocycles. The Labute approximate surface area is 153 Å². The van der Waals surface area contributed by atoms with Gasteiger partial charge in [0.1, 0.15) is 0 Å². The quantitative estimate of drug-likeness (QED) is 0.364. The first kappa shape index (κ1) is 19.7. The second kappa shape index (κ2) is 7.93. The van der Waals surface area contributed by atoms with Crippen molar-refractivity contribution >= 4 is 16.9 Å². The zero-order chi connectivity index (χ0) is 18.7. The Balaban J connectivity index is 1.47. The van der Waals surface area contributed by atoms with Gasteiger partial charge in [-0.25, -0.2) is 0 Å². The Bertz CT molecular complexity index is 675. The molecular weight excluding hydrogens is 361 g/mol. The van der Waals surface area contributed by atoms with Crippen LogP contribution in [0.15, 0.2) is 30.3 Å². The van der Waals surface area contributed by atoms with Crippen LogP contribution in [0.2, 0.25) is 0 Å². The molecule has 146 valence electrons. The Morgan fingerprint density at radius 3 is 2.42 bits per heavy atom. The fourth-order valence-corrected chi connectivity index (χ4v) is 3.69. The van der Waals surface area contributed by atoms with E-state index in [2.05, 4.69) is 5.32 Å². The molecule has 0 aromatic heterocycles.